The molecule has 2 aromatic carbocycles. The topological polar surface area (TPSA) is 64.3 Å². The van der Waals surface area contributed by atoms with E-state index in [-0.39, 0.29) is 11.5 Å². The predicted molar refractivity (Wildman–Crippen MR) is 94.8 cm³/mol. The summed E-state index contributed by atoms with van der Waals surface area (Å²) in [5, 5.41) is 9.31. The quantitative estimate of drug-likeness (QED) is 0.537. The SMILES string of the molecule is O=C(S)OC1=C(O)CCn2c1nc1c(-c3ccccc3)cccc12. The molecule has 0 spiro atoms. The number of aliphatic hydroxyl groups excluding tert-OH is 1. The summed E-state index contributed by atoms with van der Waals surface area (Å²) in [6.07, 6.45) is 0.379. The lowest BCUT2D eigenvalue weighted by molar-refractivity contribution is 0.214. The minimum Gasteiger partial charge on any atom is -0.508 e. The lowest BCUT2D eigenvalue weighted by Crippen LogP contribution is -2.14. The third-order valence-corrected chi connectivity index (χ3v) is 4.18. The molecule has 120 valence electrons. The van der Waals surface area contributed by atoms with Crippen LogP contribution in [0, 0.1) is 0 Å². The van der Waals surface area contributed by atoms with Crippen LogP contribution in [0.25, 0.3) is 27.9 Å². The van der Waals surface area contributed by atoms with Crippen molar-refractivity contribution in [3.05, 3.63) is 60.1 Å². The van der Waals surface area contributed by atoms with E-state index in [9.17, 15) is 9.90 Å². The fourth-order valence-corrected chi connectivity index (χ4v) is 3.14. The Bertz CT molecular complexity index is 977. The Morgan fingerprint density at radius 1 is 1.17 bits per heavy atom. The molecule has 4 rings (SSSR count). The summed E-state index contributed by atoms with van der Waals surface area (Å²) in [6.45, 7) is 0.573. The van der Waals surface area contributed by atoms with Gasteiger partial charge < -0.3 is 14.4 Å². The monoisotopic (exact) mass is 338 g/mol. The van der Waals surface area contributed by atoms with Crippen molar-refractivity contribution in [3.8, 4) is 11.1 Å². The maximum atomic E-state index is 11.2. The highest BCUT2D eigenvalue weighted by Crippen LogP contribution is 2.34. The van der Waals surface area contributed by atoms with Crippen molar-refractivity contribution in [3.63, 3.8) is 0 Å². The van der Waals surface area contributed by atoms with Crippen molar-refractivity contribution in [1.29, 1.82) is 0 Å². The van der Waals surface area contributed by atoms with Crippen molar-refractivity contribution >= 4 is 34.7 Å². The molecular formula is C18H14N2O3S. The molecule has 2 heterocycles. The van der Waals surface area contributed by atoms with Gasteiger partial charge in [0.15, 0.2) is 5.82 Å². The zero-order valence-electron chi connectivity index (χ0n) is 12.6. The first-order valence-electron chi connectivity index (χ1n) is 7.53. The summed E-state index contributed by atoms with van der Waals surface area (Å²) in [5.74, 6) is 0.539. The molecule has 0 radical (unpaired) electrons. The molecule has 1 aromatic heterocycles. The van der Waals surface area contributed by atoms with Gasteiger partial charge in [0.2, 0.25) is 5.76 Å². The molecule has 0 amide bonds. The molecule has 0 saturated carbocycles. The average molecular weight is 338 g/mol. The first kappa shape index (κ1) is 14.8. The van der Waals surface area contributed by atoms with Gasteiger partial charge in [0.1, 0.15) is 5.76 Å². The summed E-state index contributed by atoms with van der Waals surface area (Å²) in [5.41, 5.74) is 3.79. The fraction of sp³-hybridized carbons (Fsp3) is 0.111. The van der Waals surface area contributed by atoms with E-state index in [0.29, 0.717) is 18.8 Å². The second kappa shape index (κ2) is 5.72. The minimum atomic E-state index is -0.777. The van der Waals surface area contributed by atoms with Gasteiger partial charge in [-0.3, -0.25) is 0 Å². The van der Waals surface area contributed by atoms with Crippen LogP contribution in [-0.4, -0.2) is 20.0 Å². The number of carbonyl (C=O) groups excluding carboxylic acids is 1. The number of benzene rings is 2. The zero-order chi connectivity index (χ0) is 16.7. The number of carbonyl (C=O) groups is 1. The summed E-state index contributed by atoms with van der Waals surface area (Å²) in [7, 11) is 0. The van der Waals surface area contributed by atoms with E-state index in [0.717, 1.165) is 22.2 Å². The molecule has 24 heavy (non-hydrogen) atoms. The zero-order valence-corrected chi connectivity index (χ0v) is 13.5. The van der Waals surface area contributed by atoms with Gasteiger partial charge in [-0.25, -0.2) is 9.78 Å². The smallest absolute Gasteiger partial charge is 0.369 e. The summed E-state index contributed by atoms with van der Waals surface area (Å²) in [6, 6.07) is 15.9. The van der Waals surface area contributed by atoms with E-state index in [1.165, 1.54) is 0 Å². The van der Waals surface area contributed by atoms with Crippen LogP contribution in [0.5, 0.6) is 0 Å². The van der Waals surface area contributed by atoms with Crippen molar-refractivity contribution in [2.75, 3.05) is 0 Å². The van der Waals surface area contributed by atoms with E-state index in [1.807, 2.05) is 53.1 Å². The van der Waals surface area contributed by atoms with E-state index in [1.54, 1.807) is 0 Å². The molecule has 0 aliphatic carbocycles. The summed E-state index contributed by atoms with van der Waals surface area (Å²) < 4.78 is 7.03. The number of imidazole rings is 1. The second-order valence-corrected chi connectivity index (χ2v) is 5.89. The van der Waals surface area contributed by atoms with Gasteiger partial charge in [-0.15, -0.1) is 0 Å². The summed E-state index contributed by atoms with van der Waals surface area (Å²) in [4.78, 5) is 15.9. The number of thiol groups is 1. The molecular weight excluding hydrogens is 324 g/mol. The van der Waals surface area contributed by atoms with Gasteiger partial charge in [0, 0.05) is 18.5 Å². The number of aromatic nitrogens is 2. The number of hydrogen-bond donors (Lipinski definition) is 2. The van der Waals surface area contributed by atoms with E-state index in [2.05, 4.69) is 17.6 Å². The van der Waals surface area contributed by atoms with Gasteiger partial charge in [0.05, 0.1) is 11.0 Å². The van der Waals surface area contributed by atoms with Crippen LogP contribution in [0.15, 0.2) is 54.3 Å². The number of rotatable bonds is 2. The highest BCUT2D eigenvalue weighted by molar-refractivity contribution is 7.96. The molecule has 0 fully saturated rings. The third-order valence-electron chi connectivity index (χ3n) is 4.09. The standard InChI is InChI=1S/C18H14N2O3S/c21-14-9-10-20-13-8-4-7-12(11-5-2-1-3-6-11)15(13)19-17(20)16(14)23-18(22)24/h1-8,21H,9-10H2,(H,22,24). The van der Waals surface area contributed by atoms with Crippen LogP contribution >= 0.6 is 12.6 Å². The maximum absolute atomic E-state index is 11.2. The Morgan fingerprint density at radius 3 is 2.71 bits per heavy atom. The predicted octanol–water partition coefficient (Wildman–Crippen LogP) is 4.40. The first-order chi connectivity index (χ1) is 11.6. The van der Waals surface area contributed by atoms with Crippen LogP contribution in [0.4, 0.5) is 4.79 Å². The van der Waals surface area contributed by atoms with E-state index < -0.39 is 5.30 Å². The Balaban J connectivity index is 1.96. The van der Waals surface area contributed by atoms with Crippen LogP contribution in [-0.2, 0) is 11.3 Å². The van der Waals surface area contributed by atoms with Crippen LogP contribution in [0.2, 0.25) is 0 Å². The van der Waals surface area contributed by atoms with Crippen LogP contribution < -0.4 is 0 Å². The van der Waals surface area contributed by atoms with Crippen LogP contribution in [0.3, 0.4) is 0 Å². The molecule has 3 aromatic rings. The number of ether oxygens (including phenoxy) is 1. The van der Waals surface area contributed by atoms with Gasteiger partial charge in [0.25, 0.3) is 0 Å². The molecule has 0 unspecified atom stereocenters. The van der Waals surface area contributed by atoms with Crippen molar-refractivity contribution in [2.24, 2.45) is 0 Å². The number of nitrogens with zero attached hydrogens (tertiary/aromatic N) is 2. The lowest BCUT2D eigenvalue weighted by Gasteiger charge is -2.17. The molecule has 0 bridgehead atoms. The van der Waals surface area contributed by atoms with Gasteiger partial charge in [-0.1, -0.05) is 55.1 Å². The van der Waals surface area contributed by atoms with Crippen molar-refractivity contribution in [2.45, 2.75) is 13.0 Å². The summed E-state index contributed by atoms with van der Waals surface area (Å²) >= 11 is 3.64. The first-order valence-corrected chi connectivity index (χ1v) is 7.98. The Morgan fingerprint density at radius 2 is 1.96 bits per heavy atom. The van der Waals surface area contributed by atoms with Crippen molar-refractivity contribution < 1.29 is 14.6 Å². The largest absolute Gasteiger partial charge is 0.508 e. The molecule has 1 aliphatic rings. The maximum Gasteiger partial charge on any atom is 0.369 e. The fourth-order valence-electron chi connectivity index (χ4n) is 3.05. The number of fused-ring (bicyclic) bond motifs is 3. The number of allylic oxidation sites excluding steroid dienone is 1. The number of aliphatic hydroxyl groups is 1. The Labute approximate surface area is 143 Å². The van der Waals surface area contributed by atoms with E-state index in [4.69, 9.17) is 4.74 Å². The molecule has 0 saturated heterocycles. The highest BCUT2D eigenvalue weighted by atomic mass is 32.1. The average Bonchev–Trinajstić information content (AvgIpc) is 2.97. The Hall–Kier alpha value is -2.73. The van der Waals surface area contributed by atoms with Crippen LogP contribution in [0.1, 0.15) is 12.2 Å². The van der Waals surface area contributed by atoms with E-state index >= 15 is 0 Å². The van der Waals surface area contributed by atoms with Gasteiger partial charge >= 0.3 is 5.30 Å². The normalized spacial score (nSPS) is 13.9. The molecule has 1 aliphatic heterocycles. The van der Waals surface area contributed by atoms with Gasteiger partial charge in [-0.05, 0) is 11.6 Å². The second-order valence-electron chi connectivity index (χ2n) is 5.52. The number of aryl methyl sites for hydroxylation is 1. The lowest BCUT2D eigenvalue weighted by atomic mass is 10.0. The Kier molecular flexibility index (Phi) is 3.54. The molecule has 6 heteroatoms. The third kappa shape index (κ3) is 2.35. The molecule has 5 nitrogen and oxygen atoms in total. The molecule has 1 N–H and O–H groups in total. The molecule has 0 atom stereocenters. The number of para-hydroxylation sites is 1. The minimum absolute atomic E-state index is 0.0152. The van der Waals surface area contributed by atoms with Crippen molar-refractivity contribution in [1.82, 2.24) is 9.55 Å². The number of hydrogen-bond acceptors (Lipinski definition) is 4. The van der Waals surface area contributed by atoms with Gasteiger partial charge in [-0.2, -0.15) is 0 Å². The highest BCUT2D eigenvalue weighted by Gasteiger charge is 2.26.